The molecule has 0 bridgehead atoms. The van der Waals surface area contributed by atoms with Gasteiger partial charge >= 0.3 is 12.6 Å². The fourth-order valence-corrected chi connectivity index (χ4v) is 1.39. The van der Waals surface area contributed by atoms with Gasteiger partial charge in [0.1, 0.15) is 5.75 Å². The molecule has 4 nitrogen and oxygen atoms in total. The van der Waals surface area contributed by atoms with Crippen molar-refractivity contribution >= 4 is 23.4 Å². The van der Waals surface area contributed by atoms with E-state index in [1.165, 1.54) is 0 Å². The number of carbonyl (C=O) groups excluding carboxylic acids is 2. The molecule has 4 heteroatoms. The smallest absolute Gasteiger partial charge is 0.395 e. The maximum Gasteiger partial charge on any atom is 0.521 e. The van der Waals surface area contributed by atoms with Gasteiger partial charge in [0.15, 0.2) is 0 Å². The van der Waals surface area contributed by atoms with Crippen molar-refractivity contribution < 1.29 is 19.1 Å². The van der Waals surface area contributed by atoms with E-state index in [1.807, 2.05) is 30.3 Å². The van der Waals surface area contributed by atoms with Gasteiger partial charge in [0.05, 0.1) is 0 Å². The molecule has 2 rings (SSSR count). The molecule has 0 spiro atoms. The average Bonchev–Trinajstić information content (AvgIpc) is 2.29. The van der Waals surface area contributed by atoms with Crippen molar-refractivity contribution in [2.75, 3.05) is 0 Å². The van der Waals surface area contributed by atoms with Crippen LogP contribution >= 0.6 is 0 Å². The molecule has 0 atom stereocenters. The SMILES string of the molecule is O=COC(=O)Oc1ccc2ccccc2c1. The monoisotopic (exact) mass is 216 g/mol. The number of fused-ring (bicyclic) bond motifs is 1. The van der Waals surface area contributed by atoms with Gasteiger partial charge in [-0.15, -0.1) is 0 Å². The quantitative estimate of drug-likeness (QED) is 0.335. The van der Waals surface area contributed by atoms with E-state index in [2.05, 4.69) is 4.74 Å². The molecule has 0 saturated carbocycles. The number of hydrogen-bond acceptors (Lipinski definition) is 4. The van der Waals surface area contributed by atoms with Gasteiger partial charge in [-0.05, 0) is 22.9 Å². The van der Waals surface area contributed by atoms with Gasteiger partial charge in [0, 0.05) is 0 Å². The molecule has 0 aliphatic rings. The predicted molar refractivity (Wildman–Crippen MR) is 57.1 cm³/mol. The first-order chi connectivity index (χ1) is 7.79. The minimum atomic E-state index is -1.04. The summed E-state index contributed by atoms with van der Waals surface area (Å²) in [6, 6.07) is 12.8. The zero-order valence-electron chi connectivity index (χ0n) is 8.25. The maximum atomic E-state index is 10.9. The van der Waals surface area contributed by atoms with Crippen molar-refractivity contribution in [1.82, 2.24) is 0 Å². The Kier molecular flexibility index (Phi) is 2.82. The van der Waals surface area contributed by atoms with Crippen LogP contribution in [-0.2, 0) is 9.53 Å². The Bertz CT molecular complexity index is 533. The summed E-state index contributed by atoms with van der Waals surface area (Å²) in [5.41, 5.74) is 0. The summed E-state index contributed by atoms with van der Waals surface area (Å²) in [5.74, 6) is 0.338. The van der Waals surface area contributed by atoms with Gasteiger partial charge in [-0.3, -0.25) is 4.79 Å². The fourth-order valence-electron chi connectivity index (χ4n) is 1.39. The van der Waals surface area contributed by atoms with Crippen molar-refractivity contribution in [2.45, 2.75) is 0 Å². The first kappa shape index (κ1) is 10.2. The molecule has 0 saturated heterocycles. The van der Waals surface area contributed by atoms with E-state index in [9.17, 15) is 9.59 Å². The van der Waals surface area contributed by atoms with Gasteiger partial charge in [-0.2, -0.15) is 0 Å². The standard InChI is InChI=1S/C12H8O4/c13-8-15-12(14)16-11-6-5-9-3-1-2-4-10(9)7-11/h1-8H. The molecule has 0 radical (unpaired) electrons. The molecule has 16 heavy (non-hydrogen) atoms. The number of hydrogen-bond donors (Lipinski definition) is 0. The highest BCUT2D eigenvalue weighted by Gasteiger charge is 2.05. The maximum absolute atomic E-state index is 10.9. The Morgan fingerprint density at radius 2 is 1.81 bits per heavy atom. The fraction of sp³-hybridized carbons (Fsp3) is 0. The second-order valence-electron chi connectivity index (χ2n) is 3.08. The Morgan fingerprint density at radius 1 is 1.06 bits per heavy atom. The Morgan fingerprint density at radius 3 is 2.56 bits per heavy atom. The van der Waals surface area contributed by atoms with Crippen molar-refractivity contribution in [3.05, 3.63) is 42.5 Å². The van der Waals surface area contributed by atoms with Crippen LogP contribution < -0.4 is 4.74 Å². The lowest BCUT2D eigenvalue weighted by molar-refractivity contribution is -0.124. The Labute approximate surface area is 91.4 Å². The average molecular weight is 216 g/mol. The zero-order chi connectivity index (χ0) is 11.4. The summed E-state index contributed by atoms with van der Waals surface area (Å²) in [4.78, 5) is 20.8. The summed E-state index contributed by atoms with van der Waals surface area (Å²) >= 11 is 0. The molecule has 0 aromatic heterocycles. The molecule has 0 heterocycles. The van der Waals surface area contributed by atoms with E-state index in [1.54, 1.807) is 12.1 Å². The highest BCUT2D eigenvalue weighted by atomic mass is 16.7. The molecule has 80 valence electrons. The Balaban J connectivity index is 2.25. The lowest BCUT2D eigenvalue weighted by Crippen LogP contribution is -2.08. The van der Waals surface area contributed by atoms with Crippen LogP contribution in [0.15, 0.2) is 42.5 Å². The molecular formula is C12H8O4. The van der Waals surface area contributed by atoms with E-state index in [0.29, 0.717) is 5.75 Å². The summed E-state index contributed by atoms with van der Waals surface area (Å²) in [6.07, 6.45) is -1.04. The highest BCUT2D eigenvalue weighted by molar-refractivity contribution is 5.84. The van der Waals surface area contributed by atoms with E-state index in [4.69, 9.17) is 4.74 Å². The van der Waals surface area contributed by atoms with Crippen LogP contribution in [0.4, 0.5) is 4.79 Å². The van der Waals surface area contributed by atoms with E-state index >= 15 is 0 Å². The highest BCUT2D eigenvalue weighted by Crippen LogP contribution is 2.20. The number of benzene rings is 2. The predicted octanol–water partition coefficient (Wildman–Crippen LogP) is 2.51. The van der Waals surface area contributed by atoms with Gasteiger partial charge in [0.25, 0.3) is 0 Å². The third-order valence-electron chi connectivity index (χ3n) is 2.07. The minimum Gasteiger partial charge on any atom is -0.395 e. The lowest BCUT2D eigenvalue weighted by Gasteiger charge is -2.03. The van der Waals surface area contributed by atoms with Gasteiger partial charge in [0.2, 0.25) is 0 Å². The van der Waals surface area contributed by atoms with Crippen LogP contribution in [0.2, 0.25) is 0 Å². The minimum absolute atomic E-state index is 0.0311. The molecule has 0 N–H and O–H groups in total. The molecule has 0 unspecified atom stereocenters. The zero-order valence-corrected chi connectivity index (χ0v) is 8.25. The molecule has 2 aromatic rings. The molecular weight excluding hydrogens is 208 g/mol. The molecule has 0 fully saturated rings. The normalized spacial score (nSPS) is 9.75. The molecule has 0 aliphatic heterocycles. The van der Waals surface area contributed by atoms with Gasteiger partial charge < -0.3 is 9.47 Å². The van der Waals surface area contributed by atoms with Crippen LogP contribution in [0.25, 0.3) is 10.8 Å². The van der Waals surface area contributed by atoms with Gasteiger partial charge in [-0.25, -0.2) is 4.79 Å². The lowest BCUT2D eigenvalue weighted by atomic mass is 10.1. The second kappa shape index (κ2) is 4.44. The number of rotatable bonds is 2. The first-order valence-corrected chi connectivity index (χ1v) is 4.60. The van der Waals surface area contributed by atoms with E-state index < -0.39 is 6.16 Å². The summed E-state index contributed by atoms with van der Waals surface area (Å²) < 4.78 is 8.79. The number of carbonyl (C=O) groups is 2. The second-order valence-corrected chi connectivity index (χ2v) is 3.08. The van der Waals surface area contributed by atoms with Crippen LogP contribution in [0.3, 0.4) is 0 Å². The largest absolute Gasteiger partial charge is 0.521 e. The van der Waals surface area contributed by atoms with Crippen LogP contribution in [0.1, 0.15) is 0 Å². The van der Waals surface area contributed by atoms with Crippen molar-refractivity contribution in [3.8, 4) is 5.75 Å². The van der Waals surface area contributed by atoms with Crippen molar-refractivity contribution in [3.63, 3.8) is 0 Å². The van der Waals surface area contributed by atoms with Crippen LogP contribution in [-0.4, -0.2) is 12.6 Å². The van der Waals surface area contributed by atoms with Crippen molar-refractivity contribution in [2.24, 2.45) is 0 Å². The molecule has 2 aromatic carbocycles. The molecule has 0 aliphatic carbocycles. The van der Waals surface area contributed by atoms with E-state index in [0.717, 1.165) is 10.8 Å². The molecule has 0 amide bonds. The van der Waals surface area contributed by atoms with Crippen LogP contribution in [0.5, 0.6) is 5.75 Å². The summed E-state index contributed by atoms with van der Waals surface area (Å²) in [5, 5.41) is 1.98. The summed E-state index contributed by atoms with van der Waals surface area (Å²) in [6.45, 7) is 0.0311. The topological polar surface area (TPSA) is 52.6 Å². The number of ether oxygens (including phenoxy) is 2. The first-order valence-electron chi connectivity index (χ1n) is 4.60. The van der Waals surface area contributed by atoms with Gasteiger partial charge in [-0.1, -0.05) is 30.3 Å². The van der Waals surface area contributed by atoms with E-state index in [-0.39, 0.29) is 6.47 Å². The third kappa shape index (κ3) is 2.17. The summed E-state index contributed by atoms with van der Waals surface area (Å²) in [7, 11) is 0. The Hall–Kier alpha value is -2.36. The van der Waals surface area contributed by atoms with Crippen LogP contribution in [0, 0.1) is 0 Å². The van der Waals surface area contributed by atoms with Crippen molar-refractivity contribution in [1.29, 1.82) is 0 Å². The third-order valence-corrected chi connectivity index (χ3v) is 2.07.